The number of hydrogen-bond acceptors (Lipinski definition) is 2. The summed E-state index contributed by atoms with van der Waals surface area (Å²) in [5, 5.41) is 8.85. The molecule has 0 aliphatic heterocycles. The van der Waals surface area contributed by atoms with Crippen LogP contribution in [0.5, 0.6) is 0 Å². The lowest BCUT2D eigenvalue weighted by Crippen LogP contribution is -2.26. The van der Waals surface area contributed by atoms with Crippen LogP contribution in [0.1, 0.15) is 18.9 Å². The van der Waals surface area contributed by atoms with Gasteiger partial charge in [0.05, 0.1) is 5.69 Å². The van der Waals surface area contributed by atoms with Crippen molar-refractivity contribution in [3.63, 3.8) is 0 Å². The first-order chi connectivity index (χ1) is 9.16. The number of carboxylic acids is 1. The first-order valence-corrected chi connectivity index (χ1v) is 6.25. The van der Waals surface area contributed by atoms with Gasteiger partial charge in [-0.15, -0.1) is 0 Å². The van der Waals surface area contributed by atoms with E-state index in [4.69, 9.17) is 5.11 Å². The summed E-state index contributed by atoms with van der Waals surface area (Å²) in [5.74, 6) is -1.00. The minimum Gasteiger partial charge on any atom is -0.480 e. The van der Waals surface area contributed by atoms with Gasteiger partial charge in [-0.3, -0.25) is 13.9 Å². The van der Waals surface area contributed by atoms with Crippen LogP contribution in [0.15, 0.2) is 41.3 Å². The molecule has 0 radical (unpaired) electrons. The zero-order valence-electron chi connectivity index (χ0n) is 10.3. The summed E-state index contributed by atoms with van der Waals surface area (Å²) >= 11 is 0. The van der Waals surface area contributed by atoms with Crippen molar-refractivity contribution < 1.29 is 9.90 Å². The first kappa shape index (κ1) is 11.8. The Morgan fingerprint density at radius 1 is 1.26 bits per heavy atom. The molecule has 2 aromatic rings. The van der Waals surface area contributed by atoms with E-state index in [0.29, 0.717) is 0 Å². The molecular formula is C14H14N2O3. The van der Waals surface area contributed by atoms with E-state index in [1.165, 1.54) is 4.57 Å². The van der Waals surface area contributed by atoms with Gasteiger partial charge in [0.2, 0.25) is 0 Å². The molecule has 1 aromatic heterocycles. The Balaban J connectivity index is 2.13. The molecule has 1 aliphatic rings. The average Bonchev–Trinajstić information content (AvgIpc) is 3.17. The smallest absolute Gasteiger partial charge is 0.329 e. The topological polar surface area (TPSA) is 64.2 Å². The van der Waals surface area contributed by atoms with Crippen molar-refractivity contribution in [2.75, 3.05) is 0 Å². The minimum atomic E-state index is -1.00. The van der Waals surface area contributed by atoms with E-state index in [1.54, 1.807) is 10.8 Å². The minimum absolute atomic E-state index is 0.220. The molecule has 0 saturated heterocycles. The molecule has 5 heteroatoms. The van der Waals surface area contributed by atoms with E-state index in [-0.39, 0.29) is 18.3 Å². The molecule has 19 heavy (non-hydrogen) atoms. The van der Waals surface area contributed by atoms with Crippen LogP contribution in [0, 0.1) is 0 Å². The van der Waals surface area contributed by atoms with Gasteiger partial charge < -0.3 is 5.11 Å². The van der Waals surface area contributed by atoms with Gasteiger partial charge in [0.1, 0.15) is 6.54 Å². The van der Waals surface area contributed by atoms with Crippen molar-refractivity contribution in [1.82, 2.24) is 9.13 Å². The first-order valence-electron chi connectivity index (χ1n) is 6.25. The lowest BCUT2D eigenvalue weighted by molar-refractivity contribution is -0.137. The number of benzene rings is 1. The van der Waals surface area contributed by atoms with Crippen molar-refractivity contribution in [2.24, 2.45) is 0 Å². The van der Waals surface area contributed by atoms with Crippen LogP contribution in [-0.2, 0) is 11.3 Å². The van der Waals surface area contributed by atoms with Crippen molar-refractivity contribution >= 4 is 5.97 Å². The normalized spacial score (nSPS) is 14.5. The van der Waals surface area contributed by atoms with Gasteiger partial charge in [0.25, 0.3) is 0 Å². The fourth-order valence-corrected chi connectivity index (χ4v) is 2.27. The third-order valence-electron chi connectivity index (χ3n) is 3.28. The standard InChI is InChI=1S/C14H14N2O3/c17-13(18)9-15-8-12(10-4-2-1-3-5-10)16(14(15)19)11-6-7-11/h1-5,8,11H,6-7,9H2,(H,17,18). The van der Waals surface area contributed by atoms with Crippen LogP contribution in [0.3, 0.4) is 0 Å². The van der Waals surface area contributed by atoms with Crippen molar-refractivity contribution in [1.29, 1.82) is 0 Å². The predicted molar refractivity (Wildman–Crippen MR) is 70.0 cm³/mol. The predicted octanol–water partition coefficient (Wildman–Crippen LogP) is 1.74. The van der Waals surface area contributed by atoms with Crippen molar-refractivity contribution in [2.45, 2.75) is 25.4 Å². The van der Waals surface area contributed by atoms with Gasteiger partial charge in [-0.1, -0.05) is 30.3 Å². The zero-order chi connectivity index (χ0) is 13.4. The van der Waals surface area contributed by atoms with E-state index >= 15 is 0 Å². The van der Waals surface area contributed by atoms with Gasteiger partial charge in [-0.2, -0.15) is 0 Å². The van der Waals surface area contributed by atoms with Gasteiger partial charge >= 0.3 is 11.7 Å². The summed E-state index contributed by atoms with van der Waals surface area (Å²) < 4.78 is 2.99. The number of rotatable bonds is 4. The number of aromatic nitrogens is 2. The maximum Gasteiger partial charge on any atom is 0.329 e. The number of imidazole rings is 1. The summed E-state index contributed by atoms with van der Waals surface area (Å²) in [5.41, 5.74) is 1.51. The Bertz CT molecular complexity index is 666. The molecule has 0 amide bonds. The molecule has 3 rings (SSSR count). The Kier molecular flexibility index (Phi) is 2.74. The highest BCUT2D eigenvalue weighted by atomic mass is 16.4. The molecule has 0 bridgehead atoms. The summed E-state index contributed by atoms with van der Waals surface area (Å²) in [6, 6.07) is 9.81. The van der Waals surface area contributed by atoms with E-state index in [9.17, 15) is 9.59 Å². The highest BCUT2D eigenvalue weighted by molar-refractivity contribution is 5.67. The summed E-state index contributed by atoms with van der Waals surface area (Å²) in [7, 11) is 0. The highest BCUT2D eigenvalue weighted by Gasteiger charge is 2.29. The molecule has 5 nitrogen and oxygen atoms in total. The second-order valence-electron chi connectivity index (χ2n) is 4.79. The van der Waals surface area contributed by atoms with Crippen molar-refractivity contribution in [3.8, 4) is 11.3 Å². The number of hydrogen-bond donors (Lipinski definition) is 1. The van der Waals surface area contributed by atoms with Crippen LogP contribution in [0.4, 0.5) is 0 Å². The van der Waals surface area contributed by atoms with Gasteiger partial charge in [0.15, 0.2) is 0 Å². The number of carbonyl (C=O) groups is 1. The maximum atomic E-state index is 12.2. The molecule has 1 aliphatic carbocycles. The van der Waals surface area contributed by atoms with Crippen LogP contribution in [-0.4, -0.2) is 20.2 Å². The molecule has 1 saturated carbocycles. The number of aliphatic carboxylic acids is 1. The monoisotopic (exact) mass is 258 g/mol. The van der Waals surface area contributed by atoms with Crippen molar-refractivity contribution in [3.05, 3.63) is 47.0 Å². The molecule has 0 unspecified atom stereocenters. The van der Waals surface area contributed by atoms with E-state index < -0.39 is 5.97 Å². The third-order valence-corrected chi connectivity index (χ3v) is 3.28. The largest absolute Gasteiger partial charge is 0.480 e. The average molecular weight is 258 g/mol. The zero-order valence-corrected chi connectivity index (χ0v) is 10.3. The van der Waals surface area contributed by atoms with E-state index in [2.05, 4.69) is 0 Å². The molecular weight excluding hydrogens is 244 g/mol. The van der Waals surface area contributed by atoms with Gasteiger partial charge in [-0.25, -0.2) is 4.79 Å². The lowest BCUT2D eigenvalue weighted by Gasteiger charge is -2.04. The lowest BCUT2D eigenvalue weighted by atomic mass is 10.2. The fourth-order valence-electron chi connectivity index (χ4n) is 2.27. The SMILES string of the molecule is O=C(O)Cn1cc(-c2ccccc2)n(C2CC2)c1=O. The number of carboxylic acid groups (broad SMARTS) is 1. The Labute approximate surface area is 109 Å². The summed E-state index contributed by atoms with van der Waals surface area (Å²) in [6.07, 6.45) is 3.61. The summed E-state index contributed by atoms with van der Waals surface area (Å²) in [6.45, 7) is -0.293. The fraction of sp³-hybridized carbons (Fsp3) is 0.286. The Morgan fingerprint density at radius 2 is 1.95 bits per heavy atom. The maximum absolute atomic E-state index is 12.2. The van der Waals surface area contributed by atoms with Crippen LogP contribution in [0.2, 0.25) is 0 Å². The molecule has 1 heterocycles. The second-order valence-corrected chi connectivity index (χ2v) is 4.79. The molecule has 1 fully saturated rings. The van der Waals surface area contributed by atoms with Crippen LogP contribution in [0.25, 0.3) is 11.3 Å². The molecule has 0 atom stereocenters. The molecule has 98 valence electrons. The molecule has 1 aromatic carbocycles. The summed E-state index contributed by atoms with van der Waals surface area (Å²) in [4.78, 5) is 23.0. The van der Waals surface area contributed by atoms with Gasteiger partial charge in [0, 0.05) is 12.2 Å². The Morgan fingerprint density at radius 3 is 2.53 bits per heavy atom. The number of nitrogens with zero attached hydrogens (tertiary/aromatic N) is 2. The van der Waals surface area contributed by atoms with Gasteiger partial charge in [-0.05, 0) is 18.4 Å². The Hall–Kier alpha value is -2.30. The van der Waals surface area contributed by atoms with Crippen LogP contribution >= 0.6 is 0 Å². The quantitative estimate of drug-likeness (QED) is 0.908. The van der Waals surface area contributed by atoms with E-state index in [0.717, 1.165) is 24.1 Å². The second kappa shape index (κ2) is 4.42. The highest BCUT2D eigenvalue weighted by Crippen LogP contribution is 2.37. The molecule has 0 spiro atoms. The van der Waals surface area contributed by atoms with E-state index in [1.807, 2.05) is 30.3 Å². The third kappa shape index (κ3) is 2.19. The van der Waals surface area contributed by atoms with Crippen LogP contribution < -0.4 is 5.69 Å². The molecule has 1 N–H and O–H groups in total.